The first-order valence-corrected chi connectivity index (χ1v) is 7.27. The molecule has 3 rings (SSSR count). The molecule has 0 spiro atoms. The van der Waals surface area contributed by atoms with Gasteiger partial charge in [-0.1, -0.05) is 36.4 Å². The minimum Gasteiger partial charge on any atom is -0.324 e. The number of rotatable bonds is 2. The van der Waals surface area contributed by atoms with Crippen molar-refractivity contribution in [2.75, 3.05) is 18.4 Å². The van der Waals surface area contributed by atoms with E-state index in [0.717, 1.165) is 25.2 Å². The predicted molar refractivity (Wildman–Crippen MR) is 83.4 cm³/mol. The molecule has 0 aliphatic carbocycles. The highest BCUT2D eigenvalue weighted by atomic mass is 16.2. The second kappa shape index (κ2) is 5.95. The van der Waals surface area contributed by atoms with Gasteiger partial charge in [0.2, 0.25) is 0 Å². The molecule has 108 valence electrons. The number of urea groups is 1. The molecule has 1 aliphatic heterocycles. The van der Waals surface area contributed by atoms with E-state index in [2.05, 4.69) is 34.6 Å². The lowest BCUT2D eigenvalue weighted by atomic mass is 9.99. The van der Waals surface area contributed by atoms with Gasteiger partial charge in [-0.15, -0.1) is 0 Å². The Morgan fingerprint density at radius 1 is 1.19 bits per heavy atom. The van der Waals surface area contributed by atoms with Gasteiger partial charge in [0, 0.05) is 24.7 Å². The van der Waals surface area contributed by atoms with Crippen LogP contribution < -0.4 is 5.32 Å². The number of carbonyl (C=O) groups is 1. The summed E-state index contributed by atoms with van der Waals surface area (Å²) >= 11 is 0. The first-order valence-electron chi connectivity index (χ1n) is 7.27. The van der Waals surface area contributed by atoms with Gasteiger partial charge in [0.15, 0.2) is 0 Å². The molecule has 2 amide bonds. The quantitative estimate of drug-likeness (QED) is 0.916. The maximum Gasteiger partial charge on any atom is 0.323 e. The lowest BCUT2D eigenvalue weighted by molar-refractivity contribution is 0.222. The van der Waals surface area contributed by atoms with E-state index in [9.17, 15) is 4.79 Å². The number of aromatic nitrogens is 1. The lowest BCUT2D eigenvalue weighted by Crippen LogP contribution is -2.33. The van der Waals surface area contributed by atoms with Crippen LogP contribution in [0.1, 0.15) is 23.6 Å². The number of pyridine rings is 1. The molecule has 0 bridgehead atoms. The zero-order valence-corrected chi connectivity index (χ0v) is 12.1. The summed E-state index contributed by atoms with van der Waals surface area (Å²) in [5.41, 5.74) is 2.21. The van der Waals surface area contributed by atoms with Gasteiger partial charge in [0.05, 0.1) is 0 Å². The molecule has 0 saturated carbocycles. The number of aryl methyl sites for hydroxylation is 1. The topological polar surface area (TPSA) is 45.2 Å². The van der Waals surface area contributed by atoms with E-state index in [-0.39, 0.29) is 6.03 Å². The molecular formula is C17H19N3O. The summed E-state index contributed by atoms with van der Waals surface area (Å²) in [7, 11) is 0. The Hall–Kier alpha value is -2.36. The van der Waals surface area contributed by atoms with Crippen molar-refractivity contribution in [2.45, 2.75) is 19.3 Å². The fraction of sp³-hybridized carbons (Fsp3) is 0.294. The first-order chi connectivity index (χ1) is 10.2. The second-order valence-electron chi connectivity index (χ2n) is 5.44. The van der Waals surface area contributed by atoms with Gasteiger partial charge in [0.1, 0.15) is 5.82 Å². The van der Waals surface area contributed by atoms with Crippen molar-refractivity contribution in [3.05, 3.63) is 59.8 Å². The Morgan fingerprint density at radius 3 is 2.76 bits per heavy atom. The van der Waals surface area contributed by atoms with E-state index in [1.54, 1.807) is 0 Å². The maximum atomic E-state index is 12.3. The minimum atomic E-state index is -0.0634. The van der Waals surface area contributed by atoms with Crippen molar-refractivity contribution in [3.63, 3.8) is 0 Å². The van der Waals surface area contributed by atoms with Crippen LogP contribution in [0.15, 0.2) is 48.5 Å². The summed E-state index contributed by atoms with van der Waals surface area (Å²) in [4.78, 5) is 18.4. The monoisotopic (exact) mass is 281 g/mol. The Morgan fingerprint density at radius 2 is 2.00 bits per heavy atom. The van der Waals surface area contributed by atoms with Crippen molar-refractivity contribution < 1.29 is 4.79 Å². The molecule has 4 heteroatoms. The third-order valence-electron chi connectivity index (χ3n) is 3.87. The van der Waals surface area contributed by atoms with E-state index in [4.69, 9.17) is 0 Å². The maximum absolute atomic E-state index is 12.3. The van der Waals surface area contributed by atoms with Crippen LogP contribution in [0.4, 0.5) is 10.6 Å². The largest absolute Gasteiger partial charge is 0.324 e. The van der Waals surface area contributed by atoms with Crippen molar-refractivity contribution in [3.8, 4) is 0 Å². The summed E-state index contributed by atoms with van der Waals surface area (Å²) in [6.45, 7) is 3.47. The minimum absolute atomic E-state index is 0.0634. The number of hydrogen-bond acceptors (Lipinski definition) is 2. The molecule has 0 radical (unpaired) electrons. The van der Waals surface area contributed by atoms with Crippen molar-refractivity contribution in [1.29, 1.82) is 0 Å². The van der Waals surface area contributed by atoms with Gasteiger partial charge in [-0.05, 0) is 31.0 Å². The number of nitrogens with one attached hydrogen (secondary N) is 1. The van der Waals surface area contributed by atoms with Crippen LogP contribution in [0.2, 0.25) is 0 Å². The van der Waals surface area contributed by atoms with Crippen LogP contribution in [0.5, 0.6) is 0 Å². The first kappa shape index (κ1) is 13.6. The van der Waals surface area contributed by atoms with Gasteiger partial charge in [-0.2, -0.15) is 0 Å². The SMILES string of the molecule is Cc1cccc(NC(=O)N2CCC(c3ccccc3)C2)n1. The highest BCUT2D eigenvalue weighted by molar-refractivity contribution is 5.88. The van der Waals surface area contributed by atoms with E-state index in [1.807, 2.05) is 36.1 Å². The molecule has 21 heavy (non-hydrogen) atoms. The van der Waals surface area contributed by atoms with E-state index in [1.165, 1.54) is 5.56 Å². The number of amides is 2. The smallest absolute Gasteiger partial charge is 0.323 e. The predicted octanol–water partition coefficient (Wildman–Crippen LogP) is 3.41. The highest BCUT2D eigenvalue weighted by Gasteiger charge is 2.27. The van der Waals surface area contributed by atoms with E-state index >= 15 is 0 Å². The summed E-state index contributed by atoms with van der Waals surface area (Å²) in [6.07, 6.45) is 1.01. The fourth-order valence-electron chi connectivity index (χ4n) is 2.74. The number of carbonyl (C=O) groups excluding carboxylic acids is 1. The molecule has 1 unspecified atom stereocenters. The van der Waals surface area contributed by atoms with Crippen LogP contribution in [0.25, 0.3) is 0 Å². The van der Waals surface area contributed by atoms with Crippen LogP contribution >= 0.6 is 0 Å². The Bertz CT molecular complexity index is 627. The molecule has 2 heterocycles. The van der Waals surface area contributed by atoms with Gasteiger partial charge in [0.25, 0.3) is 0 Å². The molecule has 1 atom stereocenters. The fourth-order valence-corrected chi connectivity index (χ4v) is 2.74. The molecule has 1 saturated heterocycles. The molecule has 1 N–H and O–H groups in total. The number of likely N-dealkylation sites (tertiary alicyclic amines) is 1. The lowest BCUT2D eigenvalue weighted by Gasteiger charge is -2.17. The van der Waals surface area contributed by atoms with Crippen LogP contribution in [-0.4, -0.2) is 29.0 Å². The van der Waals surface area contributed by atoms with Gasteiger partial charge in [-0.25, -0.2) is 9.78 Å². The van der Waals surface area contributed by atoms with Crippen molar-refractivity contribution in [1.82, 2.24) is 9.88 Å². The molecule has 1 aromatic carbocycles. The molecule has 1 aromatic heterocycles. The zero-order valence-electron chi connectivity index (χ0n) is 12.1. The third kappa shape index (κ3) is 3.21. The van der Waals surface area contributed by atoms with Crippen LogP contribution in [0, 0.1) is 6.92 Å². The highest BCUT2D eigenvalue weighted by Crippen LogP contribution is 2.27. The molecule has 1 aliphatic rings. The van der Waals surface area contributed by atoms with E-state index < -0.39 is 0 Å². The Labute approximate surface area is 124 Å². The van der Waals surface area contributed by atoms with Crippen LogP contribution in [0.3, 0.4) is 0 Å². The summed E-state index contributed by atoms with van der Waals surface area (Å²) in [5, 5.41) is 2.87. The van der Waals surface area contributed by atoms with Gasteiger partial charge < -0.3 is 4.90 Å². The van der Waals surface area contributed by atoms with E-state index in [0.29, 0.717) is 11.7 Å². The number of anilines is 1. The van der Waals surface area contributed by atoms with Crippen molar-refractivity contribution in [2.24, 2.45) is 0 Å². The normalized spacial score (nSPS) is 17.8. The summed E-state index contributed by atoms with van der Waals surface area (Å²) < 4.78 is 0. The molecule has 4 nitrogen and oxygen atoms in total. The molecule has 1 fully saturated rings. The third-order valence-corrected chi connectivity index (χ3v) is 3.87. The number of hydrogen-bond donors (Lipinski definition) is 1. The van der Waals surface area contributed by atoms with Gasteiger partial charge >= 0.3 is 6.03 Å². The summed E-state index contributed by atoms with van der Waals surface area (Å²) in [6, 6.07) is 15.9. The van der Waals surface area contributed by atoms with Crippen molar-refractivity contribution >= 4 is 11.8 Å². The number of nitrogens with zero attached hydrogens (tertiary/aromatic N) is 2. The van der Waals surface area contributed by atoms with Gasteiger partial charge in [-0.3, -0.25) is 5.32 Å². The van der Waals surface area contributed by atoms with Crippen LogP contribution in [-0.2, 0) is 0 Å². The molecule has 2 aromatic rings. The Kier molecular flexibility index (Phi) is 3.86. The Balaban J connectivity index is 1.62. The standard InChI is InChI=1S/C17H19N3O/c1-13-6-5-9-16(18-13)19-17(21)20-11-10-15(12-20)14-7-3-2-4-8-14/h2-9,15H,10-12H2,1H3,(H,18,19,21). The zero-order chi connectivity index (χ0) is 14.7. The average molecular weight is 281 g/mol. The average Bonchev–Trinajstić information content (AvgIpc) is 2.98. The summed E-state index contributed by atoms with van der Waals surface area (Å²) in [5.74, 6) is 1.05. The molecular weight excluding hydrogens is 262 g/mol. The number of benzene rings is 1. The second-order valence-corrected chi connectivity index (χ2v) is 5.44.